The van der Waals surface area contributed by atoms with Crippen LogP contribution in [0.3, 0.4) is 0 Å². The van der Waals surface area contributed by atoms with Gasteiger partial charge in [-0.05, 0) is 49.9 Å². The van der Waals surface area contributed by atoms with Gasteiger partial charge in [0.1, 0.15) is 0 Å². The molecule has 3 rings (SSSR count). The highest BCUT2D eigenvalue weighted by Crippen LogP contribution is 2.57. The lowest BCUT2D eigenvalue weighted by molar-refractivity contribution is 0.383. The van der Waals surface area contributed by atoms with Crippen molar-refractivity contribution in [1.29, 1.82) is 0 Å². The molecule has 1 saturated carbocycles. The van der Waals surface area contributed by atoms with Gasteiger partial charge in [-0.1, -0.05) is 30.2 Å². The number of hydrogen-bond donors (Lipinski definition) is 0. The highest BCUT2D eigenvalue weighted by molar-refractivity contribution is 5.32. The molecule has 4 atom stereocenters. The first-order chi connectivity index (χ1) is 6.31. The largest absolute Gasteiger partial charge is 0.0848 e. The van der Waals surface area contributed by atoms with Gasteiger partial charge in [-0.15, -0.1) is 0 Å². The second kappa shape index (κ2) is 2.50. The lowest BCUT2D eigenvalue weighted by Crippen LogP contribution is -2.15. The van der Waals surface area contributed by atoms with Crippen LogP contribution in [0.5, 0.6) is 0 Å². The minimum Gasteiger partial charge on any atom is -0.0848 e. The van der Waals surface area contributed by atoms with Crippen LogP contribution in [0.15, 0.2) is 23.3 Å². The first-order valence-corrected chi connectivity index (χ1v) is 5.68. The van der Waals surface area contributed by atoms with Gasteiger partial charge in [-0.3, -0.25) is 0 Å². The van der Waals surface area contributed by atoms with Gasteiger partial charge < -0.3 is 0 Å². The summed E-state index contributed by atoms with van der Waals surface area (Å²) in [5, 5.41) is 0. The first-order valence-electron chi connectivity index (χ1n) is 5.68. The Balaban J connectivity index is 1.97. The van der Waals surface area contributed by atoms with E-state index in [9.17, 15) is 0 Å². The van der Waals surface area contributed by atoms with Crippen LogP contribution in [0, 0.1) is 23.7 Å². The standard InChI is InChI=1S/C13H18/c1-3-9-7-12-10-4-5-11(6-10)13(12)8(9)2/h4-5,10-13H,3,6-7H2,1-2H3. The number of hydrogen-bond acceptors (Lipinski definition) is 0. The molecule has 0 aromatic carbocycles. The molecule has 0 saturated heterocycles. The molecule has 0 N–H and O–H groups in total. The maximum absolute atomic E-state index is 2.48. The molecule has 0 amide bonds. The molecule has 3 aliphatic rings. The molecular formula is C13H18. The van der Waals surface area contributed by atoms with Crippen molar-refractivity contribution in [3.8, 4) is 0 Å². The SMILES string of the molecule is CCC1=C(C)C2C3C=CC(C3)C2C1. The van der Waals surface area contributed by atoms with E-state index in [0.29, 0.717) is 0 Å². The summed E-state index contributed by atoms with van der Waals surface area (Å²) in [7, 11) is 0. The molecule has 0 aromatic heterocycles. The van der Waals surface area contributed by atoms with Crippen molar-refractivity contribution >= 4 is 0 Å². The Kier molecular flexibility index (Phi) is 1.51. The fourth-order valence-electron chi connectivity index (χ4n) is 3.95. The van der Waals surface area contributed by atoms with Crippen molar-refractivity contribution in [1.82, 2.24) is 0 Å². The van der Waals surface area contributed by atoms with Gasteiger partial charge in [0, 0.05) is 0 Å². The van der Waals surface area contributed by atoms with Gasteiger partial charge in [0.25, 0.3) is 0 Å². The fraction of sp³-hybridized carbons (Fsp3) is 0.692. The van der Waals surface area contributed by atoms with Crippen molar-refractivity contribution in [3.05, 3.63) is 23.3 Å². The summed E-state index contributed by atoms with van der Waals surface area (Å²) in [4.78, 5) is 0. The predicted octanol–water partition coefficient (Wildman–Crippen LogP) is 3.55. The number of fused-ring (bicyclic) bond motifs is 5. The smallest absolute Gasteiger partial charge is 0.0103 e. The lowest BCUT2D eigenvalue weighted by Gasteiger charge is -2.21. The molecule has 0 aromatic rings. The second-order valence-electron chi connectivity index (χ2n) is 4.98. The second-order valence-corrected chi connectivity index (χ2v) is 4.98. The Labute approximate surface area is 80.7 Å². The van der Waals surface area contributed by atoms with Crippen molar-refractivity contribution in [2.75, 3.05) is 0 Å². The monoisotopic (exact) mass is 174 g/mol. The van der Waals surface area contributed by atoms with Crippen LogP contribution < -0.4 is 0 Å². The normalized spacial score (nSPS) is 46.3. The van der Waals surface area contributed by atoms with E-state index in [0.717, 1.165) is 23.7 Å². The zero-order chi connectivity index (χ0) is 9.00. The summed E-state index contributed by atoms with van der Waals surface area (Å²) >= 11 is 0. The molecule has 0 nitrogen and oxygen atoms in total. The Morgan fingerprint density at radius 1 is 1.31 bits per heavy atom. The van der Waals surface area contributed by atoms with E-state index in [1.165, 1.54) is 19.3 Å². The topological polar surface area (TPSA) is 0 Å². The van der Waals surface area contributed by atoms with E-state index in [4.69, 9.17) is 0 Å². The van der Waals surface area contributed by atoms with Crippen LogP contribution in [0.2, 0.25) is 0 Å². The third kappa shape index (κ3) is 0.868. The first kappa shape index (κ1) is 7.84. The molecule has 1 fully saturated rings. The van der Waals surface area contributed by atoms with E-state index >= 15 is 0 Å². The molecule has 3 aliphatic carbocycles. The Morgan fingerprint density at radius 3 is 2.77 bits per heavy atom. The predicted molar refractivity (Wildman–Crippen MR) is 55.3 cm³/mol. The maximum atomic E-state index is 2.48. The molecule has 13 heavy (non-hydrogen) atoms. The molecule has 0 heterocycles. The molecule has 4 unspecified atom stereocenters. The van der Waals surface area contributed by atoms with Gasteiger partial charge in [-0.25, -0.2) is 0 Å². The third-order valence-electron chi connectivity index (χ3n) is 4.59. The van der Waals surface area contributed by atoms with E-state index in [1.807, 2.05) is 0 Å². The van der Waals surface area contributed by atoms with E-state index in [1.54, 1.807) is 11.1 Å². The van der Waals surface area contributed by atoms with Crippen LogP contribution in [-0.2, 0) is 0 Å². The maximum Gasteiger partial charge on any atom is -0.0103 e. The highest BCUT2D eigenvalue weighted by Gasteiger charge is 2.48. The zero-order valence-corrected chi connectivity index (χ0v) is 8.59. The van der Waals surface area contributed by atoms with Gasteiger partial charge in [-0.2, -0.15) is 0 Å². The van der Waals surface area contributed by atoms with Crippen molar-refractivity contribution < 1.29 is 0 Å². The van der Waals surface area contributed by atoms with Gasteiger partial charge in [0.15, 0.2) is 0 Å². The van der Waals surface area contributed by atoms with E-state index < -0.39 is 0 Å². The van der Waals surface area contributed by atoms with Crippen molar-refractivity contribution in [2.24, 2.45) is 23.7 Å². The Bertz CT molecular complexity index is 295. The minimum atomic E-state index is 0.916. The average Bonchev–Trinajstić information content (AvgIpc) is 2.76. The van der Waals surface area contributed by atoms with Gasteiger partial charge >= 0.3 is 0 Å². The quantitative estimate of drug-likeness (QED) is 0.533. The lowest BCUT2D eigenvalue weighted by atomic mass is 9.83. The summed E-state index contributed by atoms with van der Waals surface area (Å²) in [5.74, 6) is 3.81. The van der Waals surface area contributed by atoms with Gasteiger partial charge in [0.05, 0.1) is 0 Å². The highest BCUT2D eigenvalue weighted by atomic mass is 14.5. The third-order valence-corrected chi connectivity index (χ3v) is 4.59. The average molecular weight is 174 g/mol. The Morgan fingerprint density at radius 2 is 2.08 bits per heavy atom. The molecular weight excluding hydrogens is 156 g/mol. The van der Waals surface area contributed by atoms with Crippen LogP contribution >= 0.6 is 0 Å². The van der Waals surface area contributed by atoms with Crippen molar-refractivity contribution in [2.45, 2.75) is 33.1 Å². The molecule has 2 bridgehead atoms. The molecule has 0 heteroatoms. The van der Waals surface area contributed by atoms with Crippen LogP contribution in [0.4, 0.5) is 0 Å². The Hall–Kier alpha value is -0.520. The fourth-order valence-corrected chi connectivity index (χ4v) is 3.95. The summed E-state index contributed by atoms with van der Waals surface area (Å²) < 4.78 is 0. The number of allylic oxidation sites excluding steroid dienone is 4. The minimum absolute atomic E-state index is 0.916. The zero-order valence-electron chi connectivity index (χ0n) is 8.59. The summed E-state index contributed by atoms with van der Waals surface area (Å²) in [6.07, 6.45) is 9.13. The summed E-state index contributed by atoms with van der Waals surface area (Å²) in [6.45, 7) is 4.70. The molecule has 70 valence electrons. The van der Waals surface area contributed by atoms with Crippen LogP contribution in [0.1, 0.15) is 33.1 Å². The summed E-state index contributed by atoms with van der Waals surface area (Å²) in [6, 6.07) is 0. The van der Waals surface area contributed by atoms with Crippen molar-refractivity contribution in [3.63, 3.8) is 0 Å². The van der Waals surface area contributed by atoms with E-state index in [-0.39, 0.29) is 0 Å². The summed E-state index contributed by atoms with van der Waals surface area (Å²) in [5.41, 5.74) is 3.53. The van der Waals surface area contributed by atoms with Crippen LogP contribution in [-0.4, -0.2) is 0 Å². The van der Waals surface area contributed by atoms with Crippen LogP contribution in [0.25, 0.3) is 0 Å². The molecule has 0 spiro atoms. The van der Waals surface area contributed by atoms with E-state index in [2.05, 4.69) is 26.0 Å². The molecule has 0 aliphatic heterocycles. The molecule has 0 radical (unpaired) electrons. The number of rotatable bonds is 1. The van der Waals surface area contributed by atoms with Gasteiger partial charge in [0.2, 0.25) is 0 Å².